The van der Waals surface area contributed by atoms with Crippen molar-refractivity contribution in [2.24, 2.45) is 5.92 Å². The highest BCUT2D eigenvalue weighted by atomic mass is 79.9. The Kier molecular flexibility index (Phi) is 5.03. The monoisotopic (exact) mass is 355 g/mol. The molecule has 0 radical (unpaired) electrons. The van der Waals surface area contributed by atoms with Crippen LogP contribution in [0.25, 0.3) is 0 Å². The minimum absolute atomic E-state index is 0.323. The molecule has 0 aromatic heterocycles. The quantitative estimate of drug-likeness (QED) is 0.899. The zero-order valence-electron chi connectivity index (χ0n) is 12.4. The van der Waals surface area contributed by atoms with E-state index in [9.17, 15) is 0 Å². The molecule has 0 aliphatic carbocycles. The summed E-state index contributed by atoms with van der Waals surface area (Å²) in [5.74, 6) is 2.28. The van der Waals surface area contributed by atoms with Crippen LogP contribution in [0.1, 0.15) is 31.4 Å². The van der Waals surface area contributed by atoms with E-state index in [1.807, 2.05) is 6.07 Å². The van der Waals surface area contributed by atoms with Gasteiger partial charge in [-0.1, -0.05) is 22.9 Å². The number of nitrogens with one attached hydrogen (secondary N) is 1. The van der Waals surface area contributed by atoms with Crippen LogP contribution in [0.5, 0.6) is 11.5 Å². The van der Waals surface area contributed by atoms with Gasteiger partial charge in [0.2, 0.25) is 0 Å². The van der Waals surface area contributed by atoms with E-state index in [4.69, 9.17) is 14.2 Å². The third-order valence-electron chi connectivity index (χ3n) is 4.16. The van der Waals surface area contributed by atoms with Crippen molar-refractivity contribution < 1.29 is 14.2 Å². The van der Waals surface area contributed by atoms with Gasteiger partial charge in [-0.25, -0.2) is 0 Å². The molecule has 1 N–H and O–H groups in total. The number of hydrogen-bond acceptors (Lipinski definition) is 4. The highest BCUT2D eigenvalue weighted by Gasteiger charge is 2.28. The second-order valence-corrected chi connectivity index (χ2v) is 6.36. The highest BCUT2D eigenvalue weighted by Crippen LogP contribution is 2.41. The maximum atomic E-state index is 5.74. The van der Waals surface area contributed by atoms with Crippen molar-refractivity contribution in [1.82, 2.24) is 5.32 Å². The molecule has 0 saturated carbocycles. The van der Waals surface area contributed by atoms with Crippen molar-refractivity contribution in [2.45, 2.75) is 25.8 Å². The van der Waals surface area contributed by atoms with E-state index in [0.717, 1.165) is 48.6 Å². The molecular formula is C16H22BrNO3. The van der Waals surface area contributed by atoms with Crippen LogP contribution in [-0.2, 0) is 4.74 Å². The van der Waals surface area contributed by atoms with Gasteiger partial charge in [0.15, 0.2) is 11.5 Å². The lowest BCUT2D eigenvalue weighted by atomic mass is 9.87. The molecule has 1 aromatic rings. The van der Waals surface area contributed by atoms with Crippen molar-refractivity contribution >= 4 is 15.9 Å². The summed E-state index contributed by atoms with van der Waals surface area (Å²) in [4.78, 5) is 0. The first-order chi connectivity index (χ1) is 10.3. The molecule has 4 nitrogen and oxygen atoms in total. The smallest absolute Gasteiger partial charge is 0.162 e. The maximum absolute atomic E-state index is 5.74. The van der Waals surface area contributed by atoms with Crippen LogP contribution in [-0.4, -0.2) is 33.0 Å². The Bertz CT molecular complexity index is 489. The number of benzene rings is 1. The van der Waals surface area contributed by atoms with Gasteiger partial charge in [0.05, 0.1) is 0 Å². The predicted molar refractivity (Wildman–Crippen MR) is 85.1 cm³/mol. The van der Waals surface area contributed by atoms with Crippen molar-refractivity contribution in [3.63, 3.8) is 0 Å². The predicted octanol–water partition coefficient (Wildman–Crippen LogP) is 3.30. The van der Waals surface area contributed by atoms with Crippen LogP contribution in [0.15, 0.2) is 16.6 Å². The van der Waals surface area contributed by atoms with E-state index < -0.39 is 0 Å². The van der Waals surface area contributed by atoms with Crippen molar-refractivity contribution in [2.75, 3.05) is 33.0 Å². The lowest BCUT2D eigenvalue weighted by Crippen LogP contribution is -2.32. The molecule has 1 atom stereocenters. The Morgan fingerprint density at radius 2 is 1.81 bits per heavy atom. The zero-order valence-corrected chi connectivity index (χ0v) is 13.9. The average molecular weight is 356 g/mol. The van der Waals surface area contributed by atoms with Crippen LogP contribution in [0, 0.1) is 5.92 Å². The summed E-state index contributed by atoms with van der Waals surface area (Å²) in [6.45, 7) is 6.05. The first-order valence-electron chi connectivity index (χ1n) is 7.69. The fourth-order valence-corrected chi connectivity index (χ4v) is 3.69. The van der Waals surface area contributed by atoms with E-state index in [1.165, 1.54) is 5.56 Å². The topological polar surface area (TPSA) is 39.7 Å². The van der Waals surface area contributed by atoms with Gasteiger partial charge < -0.3 is 19.5 Å². The zero-order chi connectivity index (χ0) is 14.7. The Balaban J connectivity index is 1.90. The van der Waals surface area contributed by atoms with E-state index >= 15 is 0 Å². The first kappa shape index (κ1) is 15.1. The summed E-state index contributed by atoms with van der Waals surface area (Å²) in [6, 6.07) is 4.48. The fraction of sp³-hybridized carbons (Fsp3) is 0.625. The van der Waals surface area contributed by atoms with Gasteiger partial charge in [0.1, 0.15) is 13.2 Å². The second-order valence-electron chi connectivity index (χ2n) is 5.50. The lowest BCUT2D eigenvalue weighted by Gasteiger charge is -2.32. The third kappa shape index (κ3) is 3.35. The summed E-state index contributed by atoms with van der Waals surface area (Å²) in [5, 5.41) is 3.63. The largest absolute Gasteiger partial charge is 0.486 e. The lowest BCUT2D eigenvalue weighted by molar-refractivity contribution is 0.0536. The standard InChI is InChI=1S/C16H22BrNO3/c1-2-18-16(11-3-5-19-6-4-11)12-9-14-15(10-13(12)17)21-8-7-20-14/h9-11,16,18H,2-8H2,1H3. The summed E-state index contributed by atoms with van der Waals surface area (Å²) in [6.07, 6.45) is 2.19. The summed E-state index contributed by atoms with van der Waals surface area (Å²) < 4.78 is 18.0. The van der Waals surface area contributed by atoms with E-state index in [1.54, 1.807) is 0 Å². The molecule has 21 heavy (non-hydrogen) atoms. The van der Waals surface area contributed by atoms with E-state index in [2.05, 4.69) is 34.2 Å². The summed E-state index contributed by atoms with van der Waals surface area (Å²) in [7, 11) is 0. The van der Waals surface area contributed by atoms with Crippen molar-refractivity contribution in [1.29, 1.82) is 0 Å². The van der Waals surface area contributed by atoms with Gasteiger partial charge in [0, 0.05) is 23.7 Å². The Morgan fingerprint density at radius 3 is 2.48 bits per heavy atom. The van der Waals surface area contributed by atoms with Gasteiger partial charge in [-0.3, -0.25) is 0 Å². The molecule has 1 fully saturated rings. The molecule has 1 saturated heterocycles. The maximum Gasteiger partial charge on any atom is 0.162 e. The fourth-order valence-electron chi connectivity index (χ4n) is 3.12. The second kappa shape index (κ2) is 6.99. The van der Waals surface area contributed by atoms with Crippen LogP contribution >= 0.6 is 15.9 Å². The minimum Gasteiger partial charge on any atom is -0.486 e. The molecule has 2 aliphatic rings. The first-order valence-corrected chi connectivity index (χ1v) is 8.49. The van der Waals surface area contributed by atoms with Crippen LogP contribution in [0.3, 0.4) is 0 Å². The van der Waals surface area contributed by atoms with E-state index in [-0.39, 0.29) is 0 Å². The van der Waals surface area contributed by atoms with Crippen LogP contribution in [0.4, 0.5) is 0 Å². The molecule has 0 amide bonds. The van der Waals surface area contributed by atoms with Crippen LogP contribution in [0.2, 0.25) is 0 Å². The molecule has 2 aliphatic heterocycles. The highest BCUT2D eigenvalue weighted by molar-refractivity contribution is 9.10. The summed E-state index contributed by atoms with van der Waals surface area (Å²) >= 11 is 3.71. The number of halogens is 1. The molecule has 0 bridgehead atoms. The number of hydrogen-bond donors (Lipinski definition) is 1. The molecule has 1 aromatic carbocycles. The van der Waals surface area contributed by atoms with Crippen molar-refractivity contribution in [3.8, 4) is 11.5 Å². The summed E-state index contributed by atoms with van der Waals surface area (Å²) in [5.41, 5.74) is 1.26. The molecule has 5 heteroatoms. The van der Waals surface area contributed by atoms with Crippen molar-refractivity contribution in [3.05, 3.63) is 22.2 Å². The van der Waals surface area contributed by atoms with Gasteiger partial charge in [-0.15, -0.1) is 0 Å². The third-order valence-corrected chi connectivity index (χ3v) is 4.84. The van der Waals surface area contributed by atoms with Gasteiger partial charge in [0.25, 0.3) is 0 Å². The van der Waals surface area contributed by atoms with Gasteiger partial charge in [-0.2, -0.15) is 0 Å². The molecule has 116 valence electrons. The molecule has 0 spiro atoms. The van der Waals surface area contributed by atoms with Gasteiger partial charge in [-0.05, 0) is 43.0 Å². The minimum atomic E-state index is 0.323. The average Bonchev–Trinajstić information content (AvgIpc) is 2.53. The Morgan fingerprint density at radius 1 is 1.14 bits per heavy atom. The molecular weight excluding hydrogens is 334 g/mol. The molecule has 2 heterocycles. The number of rotatable bonds is 4. The van der Waals surface area contributed by atoms with Gasteiger partial charge >= 0.3 is 0 Å². The SMILES string of the molecule is CCNC(c1cc2c(cc1Br)OCCO2)C1CCOCC1. The number of fused-ring (bicyclic) bond motifs is 1. The van der Waals surface area contributed by atoms with E-state index in [0.29, 0.717) is 25.2 Å². The Hall–Kier alpha value is -0.780. The number of ether oxygens (including phenoxy) is 3. The Labute approximate surface area is 134 Å². The molecule has 3 rings (SSSR count). The molecule has 1 unspecified atom stereocenters. The normalized spacial score (nSPS) is 20.3. The van der Waals surface area contributed by atoms with Crippen LogP contribution < -0.4 is 14.8 Å².